The number of nitrogens with zero attached hydrogens (tertiary/aromatic N) is 2. The fourth-order valence-electron chi connectivity index (χ4n) is 1.62. The molecule has 1 N–H and O–H groups in total. The van der Waals surface area contributed by atoms with Gasteiger partial charge >= 0.3 is 0 Å². The zero-order valence-corrected chi connectivity index (χ0v) is 10.4. The molecule has 0 saturated carbocycles. The Bertz CT molecular complexity index is 355. The summed E-state index contributed by atoms with van der Waals surface area (Å²) in [5.74, 6) is 0. The van der Waals surface area contributed by atoms with E-state index in [0.717, 1.165) is 18.8 Å². The molecule has 84 valence electrons. The van der Waals surface area contributed by atoms with Gasteiger partial charge in [-0.1, -0.05) is 18.2 Å². The lowest BCUT2D eigenvalue weighted by molar-refractivity contribution is 0.632. The van der Waals surface area contributed by atoms with Crippen molar-refractivity contribution in [2.75, 3.05) is 6.54 Å². The zero-order valence-electron chi connectivity index (χ0n) is 9.60. The molecule has 0 radical (unpaired) electrons. The number of hydrogen-bond donors (Lipinski definition) is 1. The second-order valence-electron chi connectivity index (χ2n) is 3.59. The van der Waals surface area contributed by atoms with Gasteiger partial charge in [0, 0.05) is 35.9 Å². The minimum absolute atomic E-state index is 0.633. The molecule has 0 spiro atoms. The van der Waals surface area contributed by atoms with Gasteiger partial charge in [0.2, 0.25) is 0 Å². The molecule has 0 aliphatic rings. The Morgan fingerprint density at radius 2 is 2.20 bits per heavy atom. The first-order chi connectivity index (χ1) is 7.06. The van der Waals surface area contributed by atoms with Gasteiger partial charge in [-0.25, -0.2) is 0 Å². The van der Waals surface area contributed by atoms with Crippen LogP contribution >= 0.6 is 11.6 Å². The minimum atomic E-state index is 0.633. The Hall–Kier alpha value is -0.800. The summed E-state index contributed by atoms with van der Waals surface area (Å²) in [7, 11) is 0. The van der Waals surface area contributed by atoms with Crippen molar-refractivity contribution in [3.8, 4) is 0 Å². The van der Waals surface area contributed by atoms with E-state index in [2.05, 4.69) is 30.8 Å². The van der Waals surface area contributed by atoms with E-state index < -0.39 is 0 Å². The summed E-state index contributed by atoms with van der Waals surface area (Å²) in [4.78, 5) is 0. The largest absolute Gasteiger partial charge is 0.308 e. The topological polar surface area (TPSA) is 29.9 Å². The first-order valence-corrected chi connectivity index (χ1v) is 5.51. The Labute approximate surface area is 96.1 Å². The van der Waals surface area contributed by atoms with Crippen molar-refractivity contribution in [3.63, 3.8) is 0 Å². The summed E-state index contributed by atoms with van der Waals surface area (Å²) in [6, 6.07) is 0. The van der Waals surface area contributed by atoms with E-state index in [4.69, 9.17) is 11.6 Å². The van der Waals surface area contributed by atoms with E-state index in [0.29, 0.717) is 11.6 Å². The molecule has 0 fully saturated rings. The lowest BCUT2D eigenvalue weighted by Gasteiger charge is -2.04. The highest BCUT2D eigenvalue weighted by Crippen LogP contribution is 2.12. The van der Waals surface area contributed by atoms with Crippen LogP contribution in [0.5, 0.6) is 0 Å². The van der Waals surface area contributed by atoms with Gasteiger partial charge in [0.1, 0.15) is 0 Å². The third kappa shape index (κ3) is 3.08. The highest BCUT2D eigenvalue weighted by atomic mass is 35.5. The Morgan fingerprint density at radius 3 is 2.67 bits per heavy atom. The summed E-state index contributed by atoms with van der Waals surface area (Å²) in [6.07, 6.45) is 0. The average molecular weight is 228 g/mol. The number of rotatable bonds is 5. The van der Waals surface area contributed by atoms with Gasteiger partial charge in [-0.05, 0) is 20.8 Å². The predicted octanol–water partition coefficient (Wildman–Crippen LogP) is 2.36. The molecular weight excluding hydrogens is 210 g/mol. The molecule has 1 aromatic heterocycles. The number of hydrogen-bond acceptors (Lipinski definition) is 2. The molecule has 1 heterocycles. The molecule has 0 unspecified atom stereocenters. The Morgan fingerprint density at radius 1 is 1.53 bits per heavy atom. The van der Waals surface area contributed by atoms with Crippen LogP contribution in [0.25, 0.3) is 0 Å². The zero-order chi connectivity index (χ0) is 11.4. The molecule has 0 saturated heterocycles. The fraction of sp³-hybridized carbons (Fsp3) is 0.545. The van der Waals surface area contributed by atoms with Crippen LogP contribution in [0, 0.1) is 13.8 Å². The van der Waals surface area contributed by atoms with Crippen LogP contribution in [0.15, 0.2) is 11.6 Å². The third-order valence-corrected chi connectivity index (χ3v) is 2.58. The molecule has 1 rings (SSSR count). The maximum atomic E-state index is 5.68. The SMILES string of the molecule is C=C(Cl)CNCc1c(C)nn(CC)c1C. The number of aryl methyl sites for hydroxylation is 2. The molecule has 0 amide bonds. The number of aromatic nitrogens is 2. The highest BCUT2D eigenvalue weighted by molar-refractivity contribution is 6.29. The van der Waals surface area contributed by atoms with Crippen LogP contribution in [0.2, 0.25) is 0 Å². The molecule has 0 aliphatic carbocycles. The Kier molecular flexibility index (Phi) is 4.36. The Balaban J connectivity index is 2.68. The molecule has 15 heavy (non-hydrogen) atoms. The molecular formula is C11H18ClN3. The average Bonchev–Trinajstić information content (AvgIpc) is 2.44. The monoisotopic (exact) mass is 227 g/mol. The minimum Gasteiger partial charge on any atom is -0.308 e. The van der Waals surface area contributed by atoms with E-state index in [1.54, 1.807) is 0 Å². The van der Waals surface area contributed by atoms with Crippen LogP contribution in [-0.4, -0.2) is 16.3 Å². The number of nitrogens with one attached hydrogen (secondary N) is 1. The normalized spacial score (nSPS) is 10.7. The van der Waals surface area contributed by atoms with Crippen LogP contribution in [0.3, 0.4) is 0 Å². The molecule has 0 atom stereocenters. The summed E-state index contributed by atoms with van der Waals surface area (Å²) in [6.45, 7) is 12.2. The van der Waals surface area contributed by atoms with E-state index in [9.17, 15) is 0 Å². The maximum absolute atomic E-state index is 5.68. The molecule has 0 bridgehead atoms. The molecule has 1 aromatic rings. The summed E-state index contributed by atoms with van der Waals surface area (Å²) < 4.78 is 2.02. The van der Waals surface area contributed by atoms with Crippen molar-refractivity contribution in [3.05, 3.63) is 28.6 Å². The second-order valence-corrected chi connectivity index (χ2v) is 4.12. The first kappa shape index (κ1) is 12.3. The number of halogens is 1. The standard InChI is InChI=1S/C11H18ClN3/c1-5-15-10(4)11(9(3)14-15)7-13-6-8(2)12/h13H,2,5-7H2,1,3-4H3. The summed E-state index contributed by atoms with van der Waals surface area (Å²) >= 11 is 5.68. The van der Waals surface area contributed by atoms with Gasteiger partial charge in [0.25, 0.3) is 0 Å². The predicted molar refractivity (Wildman–Crippen MR) is 64.1 cm³/mol. The van der Waals surface area contributed by atoms with E-state index in [1.165, 1.54) is 11.3 Å². The lowest BCUT2D eigenvalue weighted by Crippen LogP contribution is -2.15. The summed E-state index contributed by atoms with van der Waals surface area (Å²) in [5.41, 5.74) is 3.57. The summed E-state index contributed by atoms with van der Waals surface area (Å²) in [5, 5.41) is 8.32. The van der Waals surface area contributed by atoms with Crippen molar-refractivity contribution in [1.82, 2.24) is 15.1 Å². The van der Waals surface area contributed by atoms with Gasteiger partial charge in [-0.15, -0.1) is 0 Å². The van der Waals surface area contributed by atoms with Gasteiger partial charge < -0.3 is 5.32 Å². The molecule has 4 heteroatoms. The van der Waals surface area contributed by atoms with Gasteiger partial charge in [0.05, 0.1) is 5.69 Å². The van der Waals surface area contributed by atoms with Crippen LogP contribution in [0.1, 0.15) is 23.9 Å². The van der Waals surface area contributed by atoms with E-state index >= 15 is 0 Å². The van der Waals surface area contributed by atoms with E-state index in [1.807, 2.05) is 11.6 Å². The van der Waals surface area contributed by atoms with Crippen molar-refractivity contribution >= 4 is 11.6 Å². The van der Waals surface area contributed by atoms with Crippen molar-refractivity contribution in [2.24, 2.45) is 0 Å². The van der Waals surface area contributed by atoms with Crippen LogP contribution in [-0.2, 0) is 13.1 Å². The van der Waals surface area contributed by atoms with Crippen molar-refractivity contribution < 1.29 is 0 Å². The van der Waals surface area contributed by atoms with Crippen LogP contribution in [0.4, 0.5) is 0 Å². The quantitative estimate of drug-likeness (QED) is 0.837. The van der Waals surface area contributed by atoms with Crippen molar-refractivity contribution in [2.45, 2.75) is 33.9 Å². The highest BCUT2D eigenvalue weighted by Gasteiger charge is 2.09. The second kappa shape index (κ2) is 5.33. The van der Waals surface area contributed by atoms with Crippen molar-refractivity contribution in [1.29, 1.82) is 0 Å². The van der Waals surface area contributed by atoms with Crippen LogP contribution < -0.4 is 5.32 Å². The molecule has 0 aliphatic heterocycles. The molecule has 3 nitrogen and oxygen atoms in total. The molecule has 0 aromatic carbocycles. The third-order valence-electron chi connectivity index (χ3n) is 2.45. The van der Waals surface area contributed by atoms with Gasteiger partial charge in [-0.3, -0.25) is 4.68 Å². The van der Waals surface area contributed by atoms with E-state index in [-0.39, 0.29) is 0 Å². The van der Waals surface area contributed by atoms with Gasteiger partial charge in [0.15, 0.2) is 0 Å². The maximum Gasteiger partial charge on any atom is 0.0641 e. The smallest absolute Gasteiger partial charge is 0.0641 e. The fourth-order valence-corrected chi connectivity index (χ4v) is 1.72. The van der Waals surface area contributed by atoms with Gasteiger partial charge in [-0.2, -0.15) is 5.10 Å². The lowest BCUT2D eigenvalue weighted by atomic mass is 10.2. The first-order valence-electron chi connectivity index (χ1n) is 5.13.